The molecule has 88 valence electrons. The molecule has 0 amide bonds. The fourth-order valence-corrected chi connectivity index (χ4v) is 1.10. The van der Waals surface area contributed by atoms with E-state index in [-0.39, 0.29) is 0 Å². The maximum atomic E-state index is 12.2. The second kappa shape index (κ2) is 5.65. The van der Waals surface area contributed by atoms with E-state index in [2.05, 4.69) is 10.3 Å². The van der Waals surface area contributed by atoms with Gasteiger partial charge in [0, 0.05) is 6.20 Å². The molecule has 1 heterocycles. The molecule has 0 atom stereocenters. The molecule has 0 aliphatic rings. The Balaban J connectivity index is 2.61. The van der Waals surface area contributed by atoms with Crippen LogP contribution in [0.1, 0.15) is 17.7 Å². The first kappa shape index (κ1) is 12.7. The molecule has 2 nitrogen and oxygen atoms in total. The highest BCUT2D eigenvalue weighted by Crippen LogP contribution is 2.28. The second-order valence-electron chi connectivity index (χ2n) is 3.26. The lowest BCUT2D eigenvalue weighted by atomic mass is 10.2. The summed E-state index contributed by atoms with van der Waals surface area (Å²) in [6.45, 7) is 0.830. The van der Waals surface area contributed by atoms with E-state index < -0.39 is 11.7 Å². The maximum Gasteiger partial charge on any atom is 0.417 e. The first-order valence-corrected chi connectivity index (χ1v) is 4.88. The van der Waals surface area contributed by atoms with Gasteiger partial charge in [-0.15, -0.1) is 0 Å². The molecule has 0 aliphatic carbocycles. The van der Waals surface area contributed by atoms with Crippen molar-refractivity contribution in [2.45, 2.75) is 12.6 Å². The largest absolute Gasteiger partial charge is 0.417 e. The highest BCUT2D eigenvalue weighted by molar-refractivity contribution is 5.44. The SMILES string of the molecule is CNCCC=Cc1ccc(C(F)(F)F)cn1. The van der Waals surface area contributed by atoms with Crippen LogP contribution in [0, 0.1) is 0 Å². The molecular weight excluding hydrogens is 217 g/mol. The van der Waals surface area contributed by atoms with E-state index in [1.807, 2.05) is 13.1 Å². The summed E-state index contributed by atoms with van der Waals surface area (Å²) in [5.41, 5.74) is -0.191. The molecule has 16 heavy (non-hydrogen) atoms. The van der Waals surface area contributed by atoms with Crippen molar-refractivity contribution >= 4 is 6.08 Å². The van der Waals surface area contributed by atoms with E-state index in [1.54, 1.807) is 6.08 Å². The van der Waals surface area contributed by atoms with E-state index in [4.69, 9.17) is 0 Å². The van der Waals surface area contributed by atoms with Crippen LogP contribution in [-0.2, 0) is 6.18 Å². The monoisotopic (exact) mass is 230 g/mol. The van der Waals surface area contributed by atoms with Crippen LogP contribution in [0.3, 0.4) is 0 Å². The van der Waals surface area contributed by atoms with Gasteiger partial charge >= 0.3 is 6.18 Å². The molecule has 1 N–H and O–H groups in total. The van der Waals surface area contributed by atoms with E-state index >= 15 is 0 Å². The van der Waals surface area contributed by atoms with Crippen LogP contribution >= 0.6 is 0 Å². The van der Waals surface area contributed by atoms with E-state index in [9.17, 15) is 13.2 Å². The van der Waals surface area contributed by atoms with Gasteiger partial charge in [0.2, 0.25) is 0 Å². The minimum Gasteiger partial charge on any atom is -0.319 e. The summed E-state index contributed by atoms with van der Waals surface area (Å²) in [7, 11) is 1.84. The molecule has 0 unspecified atom stereocenters. The first-order valence-electron chi connectivity index (χ1n) is 4.88. The Hall–Kier alpha value is -1.36. The van der Waals surface area contributed by atoms with Gasteiger partial charge in [-0.2, -0.15) is 13.2 Å². The zero-order chi connectivity index (χ0) is 12.0. The highest BCUT2D eigenvalue weighted by atomic mass is 19.4. The van der Waals surface area contributed by atoms with Gasteiger partial charge in [0.05, 0.1) is 11.3 Å². The average Bonchev–Trinajstić information content (AvgIpc) is 2.24. The van der Waals surface area contributed by atoms with Crippen LogP contribution in [0.4, 0.5) is 13.2 Å². The lowest BCUT2D eigenvalue weighted by Gasteiger charge is -2.05. The van der Waals surface area contributed by atoms with Crippen molar-refractivity contribution < 1.29 is 13.2 Å². The van der Waals surface area contributed by atoms with Gasteiger partial charge in [-0.1, -0.05) is 6.08 Å². The van der Waals surface area contributed by atoms with Crippen molar-refractivity contribution in [1.82, 2.24) is 10.3 Å². The number of aromatic nitrogens is 1. The molecule has 0 fully saturated rings. The summed E-state index contributed by atoms with van der Waals surface area (Å²) < 4.78 is 36.6. The molecule has 1 rings (SSSR count). The zero-order valence-corrected chi connectivity index (χ0v) is 8.88. The number of nitrogens with zero attached hydrogens (tertiary/aromatic N) is 1. The minimum absolute atomic E-state index is 0.532. The van der Waals surface area contributed by atoms with Crippen LogP contribution in [0.25, 0.3) is 6.08 Å². The number of rotatable bonds is 4. The summed E-state index contributed by atoms with van der Waals surface area (Å²) in [5.74, 6) is 0. The van der Waals surface area contributed by atoms with Crippen molar-refractivity contribution in [3.05, 3.63) is 35.7 Å². The van der Waals surface area contributed by atoms with Crippen molar-refractivity contribution in [3.8, 4) is 0 Å². The van der Waals surface area contributed by atoms with Crippen LogP contribution in [0.5, 0.6) is 0 Å². The summed E-state index contributed by atoms with van der Waals surface area (Å²) in [4.78, 5) is 3.72. The summed E-state index contributed by atoms with van der Waals surface area (Å²) in [5, 5.41) is 2.96. The third-order valence-electron chi connectivity index (χ3n) is 1.96. The van der Waals surface area contributed by atoms with Gasteiger partial charge < -0.3 is 5.32 Å². The number of nitrogens with one attached hydrogen (secondary N) is 1. The van der Waals surface area contributed by atoms with Crippen LogP contribution in [0.15, 0.2) is 24.4 Å². The molecule has 1 aromatic heterocycles. The number of alkyl halides is 3. The Bertz CT molecular complexity index is 341. The molecule has 0 aromatic carbocycles. The molecule has 0 bridgehead atoms. The Labute approximate surface area is 92.2 Å². The number of hydrogen-bond acceptors (Lipinski definition) is 2. The van der Waals surface area contributed by atoms with Crippen molar-refractivity contribution in [2.24, 2.45) is 0 Å². The summed E-state index contributed by atoms with van der Waals surface area (Å²) in [6.07, 6.45) is 0.919. The summed E-state index contributed by atoms with van der Waals surface area (Å²) >= 11 is 0. The third-order valence-corrected chi connectivity index (χ3v) is 1.96. The fraction of sp³-hybridized carbons (Fsp3) is 0.364. The first-order chi connectivity index (χ1) is 7.54. The van der Waals surface area contributed by atoms with Gasteiger partial charge in [0.1, 0.15) is 0 Å². The van der Waals surface area contributed by atoms with Crippen LogP contribution < -0.4 is 5.32 Å². The molecule has 0 saturated carbocycles. The Morgan fingerprint density at radius 1 is 1.38 bits per heavy atom. The molecule has 0 saturated heterocycles. The third kappa shape index (κ3) is 4.02. The molecule has 0 aliphatic heterocycles. The number of pyridine rings is 1. The van der Waals surface area contributed by atoms with Gasteiger partial charge in [0.15, 0.2) is 0 Å². The van der Waals surface area contributed by atoms with Crippen molar-refractivity contribution in [2.75, 3.05) is 13.6 Å². The fourth-order valence-electron chi connectivity index (χ4n) is 1.10. The number of halogens is 3. The van der Waals surface area contributed by atoms with Crippen molar-refractivity contribution in [3.63, 3.8) is 0 Å². The predicted octanol–water partition coefficient (Wildman–Crippen LogP) is 2.72. The quantitative estimate of drug-likeness (QED) is 0.804. The Kier molecular flexibility index (Phi) is 4.49. The van der Waals surface area contributed by atoms with Gasteiger partial charge in [-0.05, 0) is 38.2 Å². The second-order valence-corrected chi connectivity index (χ2v) is 3.26. The lowest BCUT2D eigenvalue weighted by molar-refractivity contribution is -0.137. The predicted molar refractivity (Wildman–Crippen MR) is 56.8 cm³/mol. The summed E-state index contributed by atoms with van der Waals surface area (Å²) in [6, 6.07) is 2.39. The van der Waals surface area contributed by atoms with E-state index in [0.717, 1.165) is 25.2 Å². The average molecular weight is 230 g/mol. The van der Waals surface area contributed by atoms with Gasteiger partial charge in [-0.3, -0.25) is 4.98 Å². The minimum atomic E-state index is -4.32. The highest BCUT2D eigenvalue weighted by Gasteiger charge is 2.30. The maximum absolute atomic E-state index is 12.2. The number of hydrogen-bond donors (Lipinski definition) is 1. The van der Waals surface area contributed by atoms with Crippen LogP contribution in [0.2, 0.25) is 0 Å². The van der Waals surface area contributed by atoms with Gasteiger partial charge in [0.25, 0.3) is 0 Å². The zero-order valence-electron chi connectivity index (χ0n) is 8.88. The van der Waals surface area contributed by atoms with Crippen LogP contribution in [-0.4, -0.2) is 18.6 Å². The lowest BCUT2D eigenvalue weighted by Crippen LogP contribution is -2.06. The standard InChI is InChI=1S/C11H13F3N2/c1-15-7-3-2-4-10-6-5-9(8-16-10)11(12,13)14/h2,4-6,8,15H,3,7H2,1H3. The topological polar surface area (TPSA) is 24.9 Å². The van der Waals surface area contributed by atoms with E-state index in [0.29, 0.717) is 5.69 Å². The Morgan fingerprint density at radius 3 is 2.62 bits per heavy atom. The molecule has 0 radical (unpaired) electrons. The van der Waals surface area contributed by atoms with E-state index in [1.165, 1.54) is 6.07 Å². The van der Waals surface area contributed by atoms with Crippen molar-refractivity contribution in [1.29, 1.82) is 0 Å². The normalized spacial score (nSPS) is 12.2. The molecule has 1 aromatic rings. The van der Waals surface area contributed by atoms with Gasteiger partial charge in [-0.25, -0.2) is 0 Å². The molecular formula is C11H13F3N2. The smallest absolute Gasteiger partial charge is 0.319 e. The molecule has 5 heteroatoms. The Morgan fingerprint density at radius 2 is 2.12 bits per heavy atom. The molecule has 0 spiro atoms.